The topological polar surface area (TPSA) is 632 Å². The number of Topliss-reactive ketones (excluding diaryl/α,β-unsaturated/α-hetero) is 3. The normalized spacial score (nSPS) is 21.6. The van der Waals surface area contributed by atoms with Gasteiger partial charge >= 0.3 is 17.9 Å². The summed E-state index contributed by atoms with van der Waals surface area (Å²) < 4.78 is 47.7. The van der Waals surface area contributed by atoms with E-state index in [2.05, 4.69) is 66.1 Å². The van der Waals surface area contributed by atoms with E-state index in [9.17, 15) is 97.1 Å². The Bertz CT molecular complexity index is 4500. The molecule has 44 nitrogen and oxygen atoms in total. The van der Waals surface area contributed by atoms with E-state index in [1.807, 2.05) is 0 Å². The number of carboxylic acids is 4. The molecule has 18 N–H and O–H groups in total. The molecule has 9 amide bonds. The molecule has 12 rings (SSSR count). The van der Waals surface area contributed by atoms with Gasteiger partial charge in [-0.2, -0.15) is 0 Å². The van der Waals surface area contributed by atoms with Crippen molar-refractivity contribution in [3.05, 3.63) is 149 Å². The predicted molar refractivity (Wildman–Crippen MR) is 501 cm³/mol. The van der Waals surface area contributed by atoms with Gasteiger partial charge in [-0.3, -0.25) is 57.5 Å². The minimum Gasteiger partial charge on any atom is -0.545 e. The molecule has 0 aromatic heterocycles. The highest BCUT2D eigenvalue weighted by atomic mass is 16.6. The summed E-state index contributed by atoms with van der Waals surface area (Å²) >= 11 is 0. The molecule has 142 heavy (non-hydrogen) atoms. The zero-order valence-electron chi connectivity index (χ0n) is 81.4. The average Bonchev–Trinajstić information content (AvgIpc) is 1.64. The van der Waals surface area contributed by atoms with Gasteiger partial charge in [0.1, 0.15) is 128 Å². The summed E-state index contributed by atoms with van der Waals surface area (Å²) in [6, 6.07) is 9.46. The molecule has 44 heteroatoms. The first-order valence-corrected chi connectivity index (χ1v) is 47.3. The molecule has 6 fully saturated rings. The van der Waals surface area contributed by atoms with Crippen LogP contribution in [0.3, 0.4) is 0 Å². The smallest absolute Gasteiger partial charge is 0.328 e. The van der Waals surface area contributed by atoms with Crippen molar-refractivity contribution in [2.75, 3.05) is 140 Å². The van der Waals surface area contributed by atoms with Crippen LogP contribution < -0.4 is 81.9 Å². The Morgan fingerprint density at radius 2 is 0.599 bits per heavy atom. The third-order valence-corrected chi connectivity index (χ3v) is 24.9. The van der Waals surface area contributed by atoms with Crippen molar-refractivity contribution in [3.8, 4) is 17.2 Å². The fourth-order valence-electron chi connectivity index (χ4n) is 16.1. The van der Waals surface area contributed by atoms with Gasteiger partial charge in [-0.15, -0.1) is 0 Å². The molecule has 0 unspecified atom stereocenters. The number of amides is 9. The van der Waals surface area contributed by atoms with E-state index < -0.39 is 149 Å². The lowest BCUT2D eigenvalue weighted by atomic mass is 9.93. The van der Waals surface area contributed by atoms with Crippen molar-refractivity contribution in [2.45, 2.75) is 208 Å². The standard InChI is InChI=1S/3C30H42N4O8.2C4H4O4/c3*1-19(31-24(35)17-34-12-14-41-15-13-34)28(38)33-25(26(36)21-8-10-22(40-3)11-9-21)29(39)32-23(16-20-6-4-5-7-20)27(37)30(2)18-42-30;2*5-3(6)1-2-4(7)8/h3*6,8-11,19,23,25-26,36H,4-5,7,12-18H2,1-3H3,(H,31,35)(H,32,39)(H,33,38);2*1-2H,(H,5,6)(H,7,8)/p+2/b;;;2*2-1-/t3*19-,23-,25-,26+,30+;;/m100../s1. The predicted octanol–water partition coefficient (Wildman–Crippen LogP) is -4.98. The second-order valence-corrected chi connectivity index (χ2v) is 36.3. The number of aliphatic carboxylic acids is 4. The molecule has 3 aromatic rings. The Labute approximate surface area is 822 Å². The zero-order valence-corrected chi connectivity index (χ0v) is 81.4. The third kappa shape index (κ3) is 38.0. The van der Waals surface area contributed by atoms with Gasteiger partial charge in [-0.25, -0.2) is 14.4 Å². The van der Waals surface area contributed by atoms with Crippen molar-refractivity contribution < 1.29 is 170 Å². The van der Waals surface area contributed by atoms with Crippen LogP contribution in [-0.2, 0) is 105 Å². The van der Waals surface area contributed by atoms with Gasteiger partial charge in [0.15, 0.2) is 37.0 Å². The number of rotatable bonds is 46. The third-order valence-electron chi connectivity index (χ3n) is 24.9. The first-order valence-electron chi connectivity index (χ1n) is 47.3. The van der Waals surface area contributed by atoms with Gasteiger partial charge in [-0.1, -0.05) is 71.3 Å². The lowest BCUT2D eigenvalue weighted by Gasteiger charge is -2.28. The second kappa shape index (κ2) is 56.3. The van der Waals surface area contributed by atoms with Crippen LogP contribution in [0.15, 0.2) is 132 Å². The van der Waals surface area contributed by atoms with Gasteiger partial charge in [-0.05, 0) is 178 Å². The maximum Gasteiger partial charge on any atom is 0.328 e. The van der Waals surface area contributed by atoms with Crippen molar-refractivity contribution >= 4 is 94.4 Å². The molecular weight excluding hydrogens is 1860 g/mol. The highest BCUT2D eigenvalue weighted by molar-refractivity contribution is 6.02. The fourth-order valence-corrected chi connectivity index (χ4v) is 16.1. The molecule has 15 atom stereocenters. The Morgan fingerprint density at radius 3 is 0.789 bits per heavy atom. The van der Waals surface area contributed by atoms with Gasteiger partial charge in [0.25, 0.3) is 17.7 Å². The number of ketones is 3. The summed E-state index contributed by atoms with van der Waals surface area (Å²) in [6.45, 7) is 18.6. The molecule has 6 heterocycles. The molecule has 778 valence electrons. The fraction of sp³-hybridized carbons (Fsp3) is 0.551. The zero-order chi connectivity index (χ0) is 104. The number of hydrogen-bond acceptors (Lipinski definition) is 29. The molecule has 0 bridgehead atoms. The summed E-state index contributed by atoms with van der Waals surface area (Å²) in [5, 5.41) is 91.0. The van der Waals surface area contributed by atoms with Gasteiger partial charge in [0.2, 0.25) is 35.4 Å². The number of quaternary nitrogens is 3. The largest absolute Gasteiger partial charge is 0.545 e. The molecule has 9 aliphatic rings. The number of carboxylic acid groups (broad SMARTS) is 4. The van der Waals surface area contributed by atoms with E-state index in [-0.39, 0.29) is 74.5 Å². The number of epoxide rings is 3. The lowest BCUT2D eigenvalue weighted by molar-refractivity contribution is -0.900. The number of aliphatic hydroxyl groups excluding tert-OH is 3. The number of aliphatic hydroxyl groups is 3. The highest BCUT2D eigenvalue weighted by Gasteiger charge is 2.54. The first kappa shape index (κ1) is 115. The number of carbonyl (C=O) groups is 16. The van der Waals surface area contributed by atoms with Crippen LogP contribution in [0.25, 0.3) is 0 Å². The average molecular weight is 1990 g/mol. The van der Waals surface area contributed by atoms with Gasteiger partial charge in [0.05, 0.1) is 105 Å². The van der Waals surface area contributed by atoms with Gasteiger partial charge in [0, 0.05) is 18.2 Å². The van der Waals surface area contributed by atoms with Gasteiger partial charge < -0.3 is 146 Å². The summed E-state index contributed by atoms with van der Waals surface area (Å²) in [6.07, 6.45) is 13.2. The Balaban J connectivity index is 0.000000241. The Hall–Kier alpha value is -12.6. The van der Waals surface area contributed by atoms with Crippen LogP contribution in [0.5, 0.6) is 17.2 Å². The quantitative estimate of drug-likeness (QED) is 0.0143. The molecule has 0 radical (unpaired) electrons. The number of methoxy groups -OCH3 is 3. The number of morpholine rings is 3. The molecule has 0 saturated carbocycles. The van der Waals surface area contributed by atoms with E-state index in [1.54, 1.807) is 93.6 Å². The molecule has 0 spiro atoms. The van der Waals surface area contributed by atoms with E-state index in [1.165, 1.54) is 42.1 Å². The number of carbonyl (C=O) groups excluding carboxylic acids is 13. The van der Waals surface area contributed by atoms with Crippen molar-refractivity contribution in [1.29, 1.82) is 0 Å². The maximum absolute atomic E-state index is 13.7. The van der Waals surface area contributed by atoms with E-state index in [0.717, 1.165) is 89.2 Å². The molecule has 3 aliphatic carbocycles. The van der Waals surface area contributed by atoms with E-state index in [0.29, 0.717) is 156 Å². The van der Waals surface area contributed by atoms with Crippen LogP contribution in [-0.4, -0.2) is 336 Å². The second-order valence-electron chi connectivity index (χ2n) is 36.3. The molecule has 6 aliphatic heterocycles. The molecular formula is C98H136N12O32+2. The van der Waals surface area contributed by atoms with Crippen LogP contribution >= 0.6 is 0 Å². The summed E-state index contributed by atoms with van der Waals surface area (Å²) in [5.74, 6) is -9.41. The van der Waals surface area contributed by atoms with Crippen molar-refractivity contribution in [2.24, 2.45) is 0 Å². The number of allylic oxidation sites excluding steroid dienone is 3. The maximum atomic E-state index is 13.7. The minimum atomic E-state index is -1.51. The minimum absolute atomic E-state index is 0.194. The lowest BCUT2D eigenvalue weighted by Crippen LogP contribution is -3.15. The Morgan fingerprint density at radius 1 is 0.366 bits per heavy atom. The first-order chi connectivity index (χ1) is 67.5. The summed E-state index contributed by atoms with van der Waals surface area (Å²) in [4.78, 5) is 200. The number of hydrogen-bond donors (Lipinski definition) is 18. The van der Waals surface area contributed by atoms with Crippen LogP contribution in [0.4, 0.5) is 0 Å². The number of nitrogens with one attached hydrogen (secondary N) is 12. The Kier molecular flexibility index (Phi) is 45.5. The summed E-state index contributed by atoms with van der Waals surface area (Å²) in [7, 11) is 4.54. The monoisotopic (exact) mass is 1990 g/mol. The number of ether oxygens (including phenoxy) is 9. The highest BCUT2D eigenvalue weighted by Crippen LogP contribution is 2.36. The van der Waals surface area contributed by atoms with Crippen molar-refractivity contribution in [3.63, 3.8) is 0 Å². The van der Waals surface area contributed by atoms with E-state index in [4.69, 9.17) is 58.0 Å². The van der Waals surface area contributed by atoms with Crippen LogP contribution in [0, 0.1) is 0 Å². The SMILES string of the molecule is COc1ccc([C@@H](O)[C@H](NC(=O)[C@H](C)NC(=O)C[NH+]2CCOCC2)C(=O)N[C@@H](CC2=CCCC2)C(=O)[C@@]2(C)CO2)cc1.COc1ccc([C@@H](O)[C@H](NC(=O)[C@H](C)NC(=O)C[NH+]2CCOCC2)C(=O)N[C@@H](CC2=CCCC2)C(=O)[C@@]2(C)CO2)cc1.COc1ccc([C@H](O)[C@@H](NC(=O)[C@@H](C)NC(=O)C[NH+]2CCOCC2)C(=O)N[C@H](CC2=CCCC2)C(=O)[C@]2(C)CO2)cc1.O=C(O)/C=C\C(=O)O.O=C([O-])/C=C\C(=O)O. The van der Waals surface area contributed by atoms with E-state index >= 15 is 0 Å². The number of benzene rings is 3. The van der Waals surface area contributed by atoms with Crippen LogP contribution in [0.2, 0.25) is 0 Å². The van der Waals surface area contributed by atoms with Crippen LogP contribution in [0.1, 0.15) is 154 Å². The summed E-state index contributed by atoms with van der Waals surface area (Å²) in [5.41, 5.74) is 1.42. The van der Waals surface area contributed by atoms with Crippen molar-refractivity contribution in [1.82, 2.24) is 47.9 Å². The molecule has 3 aromatic carbocycles. The molecule has 6 saturated heterocycles.